The van der Waals surface area contributed by atoms with Gasteiger partial charge in [0.15, 0.2) is 0 Å². The average Bonchev–Trinajstić information content (AvgIpc) is 3.21. The van der Waals surface area contributed by atoms with Crippen LogP contribution in [-0.2, 0) is 18.4 Å². The fourth-order valence-corrected chi connectivity index (χ4v) is 4.55. The van der Waals surface area contributed by atoms with E-state index in [0.29, 0.717) is 39.4 Å². The lowest BCUT2D eigenvalue weighted by molar-refractivity contribution is -0.154. The number of nitriles is 1. The number of carbonyl (C=O) groups excluding carboxylic acids is 1. The number of aromatic nitrogens is 3. The van der Waals surface area contributed by atoms with Gasteiger partial charge in [0.25, 0.3) is 0 Å². The van der Waals surface area contributed by atoms with E-state index in [1.807, 2.05) is 12.1 Å². The van der Waals surface area contributed by atoms with Crippen LogP contribution >= 0.6 is 11.6 Å². The predicted molar refractivity (Wildman–Crippen MR) is 136 cm³/mol. The molecule has 2 aromatic heterocycles. The number of carbonyl (C=O) groups is 1. The van der Waals surface area contributed by atoms with Crippen molar-refractivity contribution in [2.24, 2.45) is 7.05 Å². The zero-order valence-corrected chi connectivity index (χ0v) is 21.8. The smallest absolute Gasteiger partial charge is 0.397 e. The van der Waals surface area contributed by atoms with Crippen molar-refractivity contribution in [3.63, 3.8) is 0 Å². The van der Waals surface area contributed by atoms with Gasteiger partial charge in [-0.3, -0.25) is 4.79 Å². The summed E-state index contributed by atoms with van der Waals surface area (Å²) in [6.07, 6.45) is -4.87. The van der Waals surface area contributed by atoms with Gasteiger partial charge in [-0.2, -0.15) is 18.4 Å². The summed E-state index contributed by atoms with van der Waals surface area (Å²) in [6.45, 7) is 3.05. The summed E-state index contributed by atoms with van der Waals surface area (Å²) in [5.41, 5.74) is 2.75. The van der Waals surface area contributed by atoms with Crippen LogP contribution in [0.2, 0.25) is 5.02 Å². The maximum Gasteiger partial charge on any atom is 0.397 e. The molecule has 0 spiro atoms. The first-order valence-electron chi connectivity index (χ1n) is 11.7. The molecular weight excluding hydrogens is 538 g/mol. The number of amides is 1. The third-order valence-electron chi connectivity index (χ3n) is 6.05. The largest absolute Gasteiger partial charge is 0.487 e. The molecule has 4 rings (SSSR count). The number of ether oxygens (including phenoxy) is 1. The molecule has 1 N–H and O–H groups in total. The highest BCUT2D eigenvalue weighted by Gasteiger charge is 2.32. The minimum Gasteiger partial charge on any atom is -0.487 e. The Labute approximate surface area is 226 Å². The van der Waals surface area contributed by atoms with Gasteiger partial charge in [0.1, 0.15) is 47.7 Å². The Hall–Kier alpha value is -4.17. The lowest BCUT2D eigenvalue weighted by Crippen LogP contribution is -2.31. The van der Waals surface area contributed by atoms with Crippen molar-refractivity contribution in [1.29, 1.82) is 5.26 Å². The number of fused-ring (bicyclic) bond motifs is 1. The van der Waals surface area contributed by atoms with Crippen molar-refractivity contribution in [3.8, 4) is 23.2 Å². The van der Waals surface area contributed by atoms with Gasteiger partial charge >= 0.3 is 6.18 Å². The molecule has 0 aliphatic carbocycles. The van der Waals surface area contributed by atoms with Gasteiger partial charge in [-0.05, 0) is 43.7 Å². The van der Waals surface area contributed by atoms with Gasteiger partial charge in [0.2, 0.25) is 5.91 Å². The molecule has 0 aliphatic heterocycles. The van der Waals surface area contributed by atoms with Gasteiger partial charge in [-0.25, -0.2) is 14.4 Å². The third kappa shape index (κ3) is 6.12. The fourth-order valence-electron chi connectivity index (χ4n) is 4.28. The van der Waals surface area contributed by atoms with Crippen molar-refractivity contribution in [1.82, 2.24) is 19.9 Å². The number of para-hydroxylation sites is 1. The summed E-state index contributed by atoms with van der Waals surface area (Å²) < 4.78 is 59.8. The van der Waals surface area contributed by atoms with Crippen molar-refractivity contribution >= 4 is 28.4 Å². The topological polar surface area (TPSA) is 92.8 Å². The fraction of sp³-hybridized carbons (Fsp3) is 0.259. The highest BCUT2D eigenvalue weighted by atomic mass is 35.5. The van der Waals surface area contributed by atoms with Gasteiger partial charge < -0.3 is 14.6 Å². The molecule has 0 saturated carbocycles. The lowest BCUT2D eigenvalue weighted by Gasteiger charge is -2.20. The van der Waals surface area contributed by atoms with Gasteiger partial charge in [-0.1, -0.05) is 23.7 Å². The minimum atomic E-state index is -4.68. The van der Waals surface area contributed by atoms with Gasteiger partial charge in [-0.15, -0.1) is 0 Å². The van der Waals surface area contributed by atoms with E-state index in [0.717, 1.165) is 17.7 Å². The van der Waals surface area contributed by atoms with Crippen LogP contribution in [0.15, 0.2) is 42.6 Å². The van der Waals surface area contributed by atoms with Crippen molar-refractivity contribution in [2.75, 3.05) is 0 Å². The van der Waals surface area contributed by atoms with Crippen LogP contribution in [0.5, 0.6) is 5.75 Å². The summed E-state index contributed by atoms with van der Waals surface area (Å²) in [5, 5.41) is 12.2. The van der Waals surface area contributed by atoms with E-state index in [1.165, 1.54) is 13.1 Å². The molecule has 2 heterocycles. The molecule has 7 nitrogen and oxygen atoms in total. The second-order valence-corrected chi connectivity index (χ2v) is 9.33. The molecule has 4 aromatic rings. The highest BCUT2D eigenvalue weighted by molar-refractivity contribution is 6.31. The summed E-state index contributed by atoms with van der Waals surface area (Å²) >= 11 is 6.30. The second-order valence-electron chi connectivity index (χ2n) is 8.93. The van der Waals surface area contributed by atoms with Crippen molar-refractivity contribution in [2.45, 2.75) is 39.1 Å². The molecule has 202 valence electrons. The standard InChI is InChI=1S/C27H22ClF4N5O2/c1-14-7-20(26-34-12-17(11-33)37(26)3)18-5-4-6-23(25(18)35-14)39-13-21-19(8-16(29)9-22(21)28)15(2)36-24(38)10-27(30,31)32/h4-9,12,15H,10,13H2,1-3H3,(H,36,38)/t15-/m0/s1. The van der Waals surface area contributed by atoms with E-state index in [9.17, 15) is 27.6 Å². The molecule has 39 heavy (non-hydrogen) atoms. The number of nitrogens with one attached hydrogen (secondary N) is 1. The maximum absolute atomic E-state index is 14.2. The van der Waals surface area contributed by atoms with Crippen LogP contribution in [-0.4, -0.2) is 26.6 Å². The number of hydrogen-bond acceptors (Lipinski definition) is 5. The van der Waals surface area contributed by atoms with E-state index < -0.39 is 30.4 Å². The summed E-state index contributed by atoms with van der Waals surface area (Å²) in [6, 6.07) is 10.4. The van der Waals surface area contributed by atoms with Crippen LogP contribution < -0.4 is 10.1 Å². The van der Waals surface area contributed by atoms with Crippen LogP contribution in [0.1, 0.15) is 41.9 Å². The Bertz CT molecular complexity index is 1610. The highest BCUT2D eigenvalue weighted by Crippen LogP contribution is 2.34. The van der Waals surface area contributed by atoms with Crippen molar-refractivity contribution in [3.05, 3.63) is 75.9 Å². The van der Waals surface area contributed by atoms with Gasteiger partial charge in [0, 0.05) is 29.3 Å². The van der Waals surface area contributed by atoms with Crippen LogP contribution in [0.25, 0.3) is 22.3 Å². The first-order valence-corrected chi connectivity index (χ1v) is 12.0. The number of benzene rings is 2. The Morgan fingerprint density at radius 2 is 2.03 bits per heavy atom. The van der Waals surface area contributed by atoms with Crippen LogP contribution in [0.3, 0.4) is 0 Å². The molecule has 12 heteroatoms. The molecule has 1 amide bonds. The summed E-state index contributed by atoms with van der Waals surface area (Å²) in [7, 11) is 1.73. The Balaban J connectivity index is 1.69. The summed E-state index contributed by atoms with van der Waals surface area (Å²) in [4.78, 5) is 20.8. The monoisotopic (exact) mass is 559 g/mol. The molecular formula is C27H22ClF4N5O2. The summed E-state index contributed by atoms with van der Waals surface area (Å²) in [5.74, 6) is -1.04. The molecule has 0 unspecified atom stereocenters. The molecule has 0 saturated heterocycles. The number of rotatable bonds is 7. The first kappa shape index (κ1) is 27.9. The van der Waals surface area contributed by atoms with E-state index >= 15 is 0 Å². The Kier molecular flexibility index (Phi) is 7.79. The quantitative estimate of drug-likeness (QED) is 0.268. The van der Waals surface area contributed by atoms with E-state index in [1.54, 1.807) is 30.7 Å². The number of halogens is 5. The Morgan fingerprint density at radius 3 is 2.69 bits per heavy atom. The number of pyridine rings is 1. The molecule has 0 bridgehead atoms. The normalized spacial score (nSPS) is 12.3. The number of alkyl halides is 3. The SMILES string of the molecule is Cc1cc(-c2ncc(C#N)n2C)c2cccc(OCc3c(Cl)cc(F)cc3[C@H](C)NC(=O)CC(F)(F)F)c2n1. The second kappa shape index (κ2) is 10.9. The van der Waals surface area contributed by atoms with E-state index in [-0.39, 0.29) is 17.2 Å². The van der Waals surface area contributed by atoms with E-state index in [4.69, 9.17) is 16.3 Å². The number of nitrogens with zero attached hydrogens (tertiary/aromatic N) is 4. The van der Waals surface area contributed by atoms with E-state index in [2.05, 4.69) is 21.4 Å². The lowest BCUT2D eigenvalue weighted by atomic mass is 10.0. The van der Waals surface area contributed by atoms with Crippen molar-refractivity contribution < 1.29 is 27.1 Å². The third-order valence-corrected chi connectivity index (χ3v) is 6.38. The number of hydrogen-bond donors (Lipinski definition) is 1. The minimum absolute atomic E-state index is 0.0102. The molecule has 0 aliphatic rings. The zero-order chi connectivity index (χ0) is 28.5. The van der Waals surface area contributed by atoms with Crippen LogP contribution in [0, 0.1) is 24.1 Å². The molecule has 1 atom stereocenters. The molecule has 2 aromatic carbocycles. The predicted octanol–water partition coefficient (Wildman–Crippen LogP) is 6.32. The maximum atomic E-state index is 14.2. The van der Waals surface area contributed by atoms with Gasteiger partial charge in [0.05, 0.1) is 17.3 Å². The molecule has 0 fully saturated rings. The average molecular weight is 560 g/mol. The number of imidazole rings is 1. The molecule has 0 radical (unpaired) electrons. The first-order chi connectivity index (χ1) is 18.4. The zero-order valence-electron chi connectivity index (χ0n) is 21.0. The van der Waals surface area contributed by atoms with Crippen LogP contribution in [0.4, 0.5) is 17.6 Å². The Morgan fingerprint density at radius 1 is 1.28 bits per heavy atom. The number of aryl methyl sites for hydroxylation is 1.